The van der Waals surface area contributed by atoms with Crippen molar-refractivity contribution < 1.29 is 0 Å². The molecule has 3 aromatic rings. The molecule has 2 aromatic carbocycles. The maximum Gasteiger partial charge on any atom is 0.114 e. The molecule has 0 aliphatic carbocycles. The molecule has 0 unspecified atom stereocenters. The molecule has 0 radical (unpaired) electrons. The molecule has 0 atom stereocenters. The van der Waals surface area contributed by atoms with Gasteiger partial charge in [0.05, 0.1) is 24.4 Å². The van der Waals surface area contributed by atoms with Crippen molar-refractivity contribution >= 4 is 0 Å². The van der Waals surface area contributed by atoms with E-state index in [0.717, 1.165) is 16.8 Å². The highest BCUT2D eigenvalue weighted by atomic mass is 15.4. The first-order valence-electron chi connectivity index (χ1n) is 6.30. The second-order valence-corrected chi connectivity index (χ2v) is 4.44. The van der Waals surface area contributed by atoms with Crippen molar-refractivity contribution in [3.8, 4) is 17.3 Å². The smallest absolute Gasteiger partial charge is 0.114 e. The fourth-order valence-corrected chi connectivity index (χ4v) is 2.07. The van der Waals surface area contributed by atoms with Crippen LogP contribution in [0.5, 0.6) is 0 Å². The first-order chi connectivity index (χ1) is 9.86. The highest BCUT2D eigenvalue weighted by Crippen LogP contribution is 2.20. The van der Waals surface area contributed by atoms with E-state index >= 15 is 0 Å². The molecule has 0 saturated heterocycles. The van der Waals surface area contributed by atoms with Gasteiger partial charge in [0.2, 0.25) is 0 Å². The highest BCUT2D eigenvalue weighted by molar-refractivity contribution is 5.66. The Morgan fingerprint density at radius 2 is 1.75 bits per heavy atom. The topological polar surface area (TPSA) is 54.5 Å². The van der Waals surface area contributed by atoms with Crippen LogP contribution >= 0.6 is 0 Å². The Labute approximate surface area is 116 Å². The summed E-state index contributed by atoms with van der Waals surface area (Å²) < 4.78 is 1.78. The molecule has 0 amide bonds. The molecule has 4 nitrogen and oxygen atoms in total. The molecular formula is C16H12N4. The molecule has 20 heavy (non-hydrogen) atoms. The Kier molecular flexibility index (Phi) is 3.25. The van der Waals surface area contributed by atoms with Gasteiger partial charge in [0.25, 0.3) is 0 Å². The van der Waals surface area contributed by atoms with Crippen molar-refractivity contribution in [2.45, 2.75) is 6.54 Å². The Morgan fingerprint density at radius 3 is 2.55 bits per heavy atom. The largest absolute Gasteiger partial charge is 0.247 e. The van der Waals surface area contributed by atoms with Crippen molar-refractivity contribution in [2.24, 2.45) is 0 Å². The highest BCUT2D eigenvalue weighted by Gasteiger charge is 2.08. The van der Waals surface area contributed by atoms with Gasteiger partial charge in [-0.05, 0) is 11.6 Å². The molecule has 1 heterocycles. The summed E-state index contributed by atoms with van der Waals surface area (Å²) in [6.07, 6.45) is 1.86. The molecule has 3 rings (SSSR count). The zero-order valence-electron chi connectivity index (χ0n) is 10.8. The number of hydrogen-bond acceptors (Lipinski definition) is 3. The molecule has 96 valence electrons. The summed E-state index contributed by atoms with van der Waals surface area (Å²) in [7, 11) is 0. The van der Waals surface area contributed by atoms with E-state index in [1.807, 2.05) is 54.7 Å². The zero-order chi connectivity index (χ0) is 13.8. The average Bonchev–Trinajstić information content (AvgIpc) is 2.96. The minimum Gasteiger partial charge on any atom is -0.247 e. The summed E-state index contributed by atoms with van der Waals surface area (Å²) in [5, 5.41) is 17.4. The van der Waals surface area contributed by atoms with Crippen LogP contribution in [0.15, 0.2) is 60.8 Å². The maximum atomic E-state index is 9.12. The number of nitriles is 1. The predicted octanol–water partition coefficient (Wildman–Crippen LogP) is 2.87. The summed E-state index contributed by atoms with van der Waals surface area (Å²) in [5.41, 5.74) is 3.31. The standard InChI is InChI=1S/C16H12N4/c17-10-14-8-4-5-9-15(14)16-12-20(19-18-16)11-13-6-2-1-3-7-13/h1-9,12H,11H2. The SMILES string of the molecule is N#Cc1ccccc1-c1cn(Cc2ccccc2)nn1. The van der Waals surface area contributed by atoms with Gasteiger partial charge < -0.3 is 0 Å². The first-order valence-corrected chi connectivity index (χ1v) is 6.30. The number of nitrogens with zero attached hydrogens (tertiary/aromatic N) is 4. The third-order valence-electron chi connectivity index (χ3n) is 3.05. The maximum absolute atomic E-state index is 9.12. The molecular weight excluding hydrogens is 248 g/mol. The van der Waals surface area contributed by atoms with E-state index in [1.54, 1.807) is 10.7 Å². The number of benzene rings is 2. The lowest BCUT2D eigenvalue weighted by atomic mass is 10.1. The summed E-state index contributed by atoms with van der Waals surface area (Å²) >= 11 is 0. The van der Waals surface area contributed by atoms with Gasteiger partial charge in [-0.2, -0.15) is 5.26 Å². The van der Waals surface area contributed by atoms with Crippen LogP contribution in [-0.4, -0.2) is 15.0 Å². The Bertz CT molecular complexity index is 753. The van der Waals surface area contributed by atoms with Gasteiger partial charge in [-0.3, -0.25) is 0 Å². The Morgan fingerprint density at radius 1 is 1.00 bits per heavy atom. The van der Waals surface area contributed by atoms with Gasteiger partial charge in [0.15, 0.2) is 0 Å². The Hall–Kier alpha value is -2.93. The van der Waals surface area contributed by atoms with E-state index in [0.29, 0.717) is 12.1 Å². The quantitative estimate of drug-likeness (QED) is 0.727. The van der Waals surface area contributed by atoms with E-state index in [4.69, 9.17) is 5.26 Å². The Balaban J connectivity index is 1.89. The molecule has 1 aromatic heterocycles. The third kappa shape index (κ3) is 2.43. The number of aromatic nitrogens is 3. The first kappa shape index (κ1) is 12.1. The van der Waals surface area contributed by atoms with Crippen molar-refractivity contribution in [2.75, 3.05) is 0 Å². The fraction of sp³-hybridized carbons (Fsp3) is 0.0625. The molecule has 4 heteroatoms. The van der Waals surface area contributed by atoms with E-state index < -0.39 is 0 Å². The number of rotatable bonds is 3. The molecule has 0 N–H and O–H groups in total. The van der Waals surface area contributed by atoms with Crippen LogP contribution in [0.4, 0.5) is 0 Å². The van der Waals surface area contributed by atoms with Crippen molar-refractivity contribution in [3.05, 3.63) is 71.9 Å². The van der Waals surface area contributed by atoms with Crippen LogP contribution in [0.2, 0.25) is 0 Å². The van der Waals surface area contributed by atoms with Gasteiger partial charge in [-0.25, -0.2) is 4.68 Å². The molecule has 0 aliphatic heterocycles. The zero-order valence-corrected chi connectivity index (χ0v) is 10.8. The van der Waals surface area contributed by atoms with Crippen LogP contribution in [0.1, 0.15) is 11.1 Å². The summed E-state index contributed by atoms with van der Waals surface area (Å²) in [6, 6.07) is 19.7. The van der Waals surface area contributed by atoms with Crippen molar-refractivity contribution in [1.82, 2.24) is 15.0 Å². The van der Waals surface area contributed by atoms with Gasteiger partial charge >= 0.3 is 0 Å². The van der Waals surface area contributed by atoms with Crippen LogP contribution < -0.4 is 0 Å². The third-order valence-corrected chi connectivity index (χ3v) is 3.05. The lowest BCUT2D eigenvalue weighted by Gasteiger charge is -2.00. The monoisotopic (exact) mass is 260 g/mol. The predicted molar refractivity (Wildman–Crippen MR) is 75.7 cm³/mol. The molecule has 0 bridgehead atoms. The van der Waals surface area contributed by atoms with Crippen LogP contribution in [0.25, 0.3) is 11.3 Å². The van der Waals surface area contributed by atoms with E-state index in [9.17, 15) is 0 Å². The minimum absolute atomic E-state index is 0.610. The van der Waals surface area contributed by atoms with Gasteiger partial charge in [-0.15, -0.1) is 5.10 Å². The van der Waals surface area contributed by atoms with Crippen LogP contribution in [-0.2, 0) is 6.54 Å². The van der Waals surface area contributed by atoms with Gasteiger partial charge in [0.1, 0.15) is 5.69 Å². The van der Waals surface area contributed by atoms with Crippen molar-refractivity contribution in [1.29, 1.82) is 5.26 Å². The summed E-state index contributed by atoms with van der Waals surface area (Å²) in [6.45, 7) is 0.669. The second kappa shape index (κ2) is 5.37. The lowest BCUT2D eigenvalue weighted by molar-refractivity contribution is 0.650. The lowest BCUT2D eigenvalue weighted by Crippen LogP contribution is -1.99. The van der Waals surface area contributed by atoms with Gasteiger partial charge in [-0.1, -0.05) is 53.7 Å². The van der Waals surface area contributed by atoms with Gasteiger partial charge in [0, 0.05) is 5.56 Å². The molecule has 0 spiro atoms. The van der Waals surface area contributed by atoms with Crippen molar-refractivity contribution in [3.63, 3.8) is 0 Å². The second-order valence-electron chi connectivity index (χ2n) is 4.44. The molecule has 0 fully saturated rings. The molecule has 0 saturated carbocycles. The summed E-state index contributed by atoms with van der Waals surface area (Å²) in [4.78, 5) is 0. The number of hydrogen-bond donors (Lipinski definition) is 0. The van der Waals surface area contributed by atoms with E-state index in [-0.39, 0.29) is 0 Å². The van der Waals surface area contributed by atoms with E-state index in [1.165, 1.54) is 0 Å². The molecule has 0 aliphatic rings. The van der Waals surface area contributed by atoms with E-state index in [2.05, 4.69) is 16.4 Å². The van der Waals surface area contributed by atoms with Crippen LogP contribution in [0, 0.1) is 11.3 Å². The average molecular weight is 260 g/mol. The van der Waals surface area contributed by atoms with Crippen LogP contribution in [0.3, 0.4) is 0 Å². The summed E-state index contributed by atoms with van der Waals surface area (Å²) in [5.74, 6) is 0. The fourth-order valence-electron chi connectivity index (χ4n) is 2.07. The minimum atomic E-state index is 0.610. The normalized spacial score (nSPS) is 10.2.